The topological polar surface area (TPSA) is 0 Å². The minimum atomic E-state index is 0.968. The summed E-state index contributed by atoms with van der Waals surface area (Å²) in [5.41, 5.74) is 3.60. The fourth-order valence-corrected chi connectivity index (χ4v) is 4.34. The van der Waals surface area contributed by atoms with E-state index in [0.29, 0.717) is 0 Å². The Hall–Kier alpha value is -0.520. The number of rotatable bonds is 1. The molecule has 4 aliphatic carbocycles. The second kappa shape index (κ2) is 2.53. The van der Waals surface area contributed by atoms with Gasteiger partial charge in [-0.05, 0) is 73.3 Å². The zero-order valence-corrected chi connectivity index (χ0v) is 8.71. The Balaban J connectivity index is 1.71. The van der Waals surface area contributed by atoms with E-state index in [1.165, 1.54) is 38.5 Å². The van der Waals surface area contributed by atoms with Crippen molar-refractivity contribution >= 4 is 0 Å². The lowest BCUT2D eigenvalue weighted by atomic mass is 9.85. The van der Waals surface area contributed by atoms with Crippen molar-refractivity contribution in [1.29, 1.82) is 0 Å². The first-order valence-electron chi connectivity index (χ1n) is 6.34. The maximum absolute atomic E-state index is 2.63. The molecule has 0 aromatic carbocycles. The third kappa shape index (κ3) is 0.898. The van der Waals surface area contributed by atoms with E-state index in [-0.39, 0.29) is 0 Å². The molecule has 2 fully saturated rings. The second-order valence-electron chi connectivity index (χ2n) is 5.78. The van der Waals surface area contributed by atoms with Crippen LogP contribution in [0, 0.1) is 23.7 Å². The molecule has 4 bridgehead atoms. The highest BCUT2D eigenvalue weighted by Gasteiger charge is 2.40. The number of hydrogen-bond donors (Lipinski definition) is 0. The molecular weight excluding hydrogens is 168 g/mol. The molecule has 2 saturated carbocycles. The third-order valence-corrected chi connectivity index (χ3v) is 4.99. The molecule has 0 amide bonds. The van der Waals surface area contributed by atoms with Crippen LogP contribution in [0.15, 0.2) is 23.3 Å². The first kappa shape index (κ1) is 7.73. The molecular formula is C14H18. The molecule has 0 saturated heterocycles. The van der Waals surface area contributed by atoms with E-state index in [0.717, 1.165) is 23.7 Å². The molecule has 0 aliphatic heterocycles. The fourth-order valence-electron chi connectivity index (χ4n) is 4.34. The van der Waals surface area contributed by atoms with Crippen molar-refractivity contribution in [2.24, 2.45) is 23.7 Å². The molecule has 4 atom stereocenters. The summed E-state index contributed by atoms with van der Waals surface area (Å²) in [6.45, 7) is 0. The lowest BCUT2D eigenvalue weighted by molar-refractivity contribution is 0.604. The maximum atomic E-state index is 2.63. The second-order valence-corrected chi connectivity index (χ2v) is 5.78. The molecule has 74 valence electrons. The SMILES string of the molecule is C1=C(C2=C[C@H]3CC[C@H]2C3)[C@H]2CC[C@H]1C2. The Morgan fingerprint density at radius 1 is 0.714 bits per heavy atom. The van der Waals surface area contributed by atoms with Gasteiger partial charge >= 0.3 is 0 Å². The van der Waals surface area contributed by atoms with Crippen molar-refractivity contribution in [2.45, 2.75) is 38.5 Å². The van der Waals surface area contributed by atoms with Gasteiger partial charge in [0.05, 0.1) is 0 Å². The largest absolute Gasteiger partial charge is 0.0776 e. The molecule has 0 heterocycles. The van der Waals surface area contributed by atoms with Crippen molar-refractivity contribution in [1.82, 2.24) is 0 Å². The van der Waals surface area contributed by atoms with E-state index in [1.807, 2.05) is 0 Å². The molecule has 4 aliphatic rings. The van der Waals surface area contributed by atoms with Crippen LogP contribution < -0.4 is 0 Å². The monoisotopic (exact) mass is 186 g/mol. The summed E-state index contributed by atoms with van der Waals surface area (Å²) in [7, 11) is 0. The minimum absolute atomic E-state index is 0.968. The molecule has 0 unspecified atom stereocenters. The van der Waals surface area contributed by atoms with Gasteiger partial charge in [0.1, 0.15) is 0 Å². The Morgan fingerprint density at radius 3 is 1.50 bits per heavy atom. The van der Waals surface area contributed by atoms with Gasteiger partial charge in [0, 0.05) is 0 Å². The summed E-state index contributed by atoms with van der Waals surface area (Å²) in [6.07, 6.45) is 14.2. The van der Waals surface area contributed by atoms with Crippen LogP contribution >= 0.6 is 0 Å². The van der Waals surface area contributed by atoms with Crippen LogP contribution in [0.2, 0.25) is 0 Å². The smallest absolute Gasteiger partial charge is 0.0156 e. The van der Waals surface area contributed by atoms with Gasteiger partial charge in [-0.1, -0.05) is 12.2 Å². The molecule has 0 heteroatoms. The van der Waals surface area contributed by atoms with E-state index >= 15 is 0 Å². The van der Waals surface area contributed by atoms with Crippen LogP contribution in [-0.2, 0) is 0 Å². The van der Waals surface area contributed by atoms with Gasteiger partial charge in [-0.25, -0.2) is 0 Å². The molecule has 0 aromatic heterocycles. The number of fused-ring (bicyclic) bond motifs is 4. The molecule has 0 radical (unpaired) electrons. The first-order chi connectivity index (χ1) is 6.90. The average Bonchev–Trinajstić information content (AvgIpc) is 2.96. The van der Waals surface area contributed by atoms with Crippen molar-refractivity contribution < 1.29 is 0 Å². The Kier molecular flexibility index (Phi) is 1.40. The standard InChI is InChI=1S/C14H18/c1-3-11-5-9(1)7-13(11)14-8-10-2-4-12(14)6-10/h7-12H,1-6H2/t9-,10-,11-,12-/m0/s1. The zero-order valence-electron chi connectivity index (χ0n) is 8.71. The van der Waals surface area contributed by atoms with Crippen molar-refractivity contribution in [2.75, 3.05) is 0 Å². The highest BCUT2D eigenvalue weighted by molar-refractivity contribution is 5.43. The summed E-state index contributed by atoms with van der Waals surface area (Å²) >= 11 is 0. The molecule has 0 N–H and O–H groups in total. The lowest BCUT2D eigenvalue weighted by Crippen LogP contribution is -2.06. The number of hydrogen-bond acceptors (Lipinski definition) is 0. The summed E-state index contributed by atoms with van der Waals surface area (Å²) in [5.74, 6) is 3.89. The van der Waals surface area contributed by atoms with Gasteiger partial charge in [0.25, 0.3) is 0 Å². The molecule has 0 spiro atoms. The molecule has 0 nitrogen and oxygen atoms in total. The number of allylic oxidation sites excluding steroid dienone is 4. The predicted molar refractivity (Wildman–Crippen MR) is 57.8 cm³/mol. The van der Waals surface area contributed by atoms with Crippen LogP contribution in [0.25, 0.3) is 0 Å². The van der Waals surface area contributed by atoms with Gasteiger partial charge in [-0.3, -0.25) is 0 Å². The van der Waals surface area contributed by atoms with Crippen LogP contribution in [-0.4, -0.2) is 0 Å². The quantitative estimate of drug-likeness (QED) is 0.585. The van der Waals surface area contributed by atoms with Gasteiger partial charge in [-0.15, -0.1) is 0 Å². The average molecular weight is 186 g/mol. The molecule has 14 heavy (non-hydrogen) atoms. The van der Waals surface area contributed by atoms with E-state index < -0.39 is 0 Å². The minimum Gasteiger partial charge on any atom is -0.0776 e. The van der Waals surface area contributed by atoms with Crippen molar-refractivity contribution in [3.63, 3.8) is 0 Å². The van der Waals surface area contributed by atoms with E-state index in [1.54, 1.807) is 11.1 Å². The van der Waals surface area contributed by atoms with Crippen LogP contribution in [0.5, 0.6) is 0 Å². The zero-order chi connectivity index (χ0) is 9.12. The van der Waals surface area contributed by atoms with E-state index in [2.05, 4.69) is 12.2 Å². The maximum Gasteiger partial charge on any atom is -0.0156 e. The van der Waals surface area contributed by atoms with Gasteiger partial charge in [0.15, 0.2) is 0 Å². The molecule has 4 rings (SSSR count). The van der Waals surface area contributed by atoms with Gasteiger partial charge in [0.2, 0.25) is 0 Å². The fraction of sp³-hybridized carbons (Fsp3) is 0.714. The van der Waals surface area contributed by atoms with Crippen LogP contribution in [0.1, 0.15) is 38.5 Å². The van der Waals surface area contributed by atoms with Crippen molar-refractivity contribution in [3.05, 3.63) is 23.3 Å². The van der Waals surface area contributed by atoms with Gasteiger partial charge in [-0.2, -0.15) is 0 Å². The van der Waals surface area contributed by atoms with Crippen molar-refractivity contribution in [3.8, 4) is 0 Å². The highest BCUT2D eigenvalue weighted by atomic mass is 14.4. The first-order valence-corrected chi connectivity index (χ1v) is 6.34. The summed E-state index contributed by atoms with van der Waals surface area (Å²) in [6, 6.07) is 0. The summed E-state index contributed by atoms with van der Waals surface area (Å²) < 4.78 is 0. The summed E-state index contributed by atoms with van der Waals surface area (Å²) in [5, 5.41) is 0. The van der Waals surface area contributed by atoms with E-state index in [9.17, 15) is 0 Å². The predicted octanol–water partition coefficient (Wildman–Crippen LogP) is 3.70. The highest BCUT2D eigenvalue weighted by Crippen LogP contribution is 2.53. The normalized spacial score (nSPS) is 48.6. The van der Waals surface area contributed by atoms with E-state index in [4.69, 9.17) is 0 Å². The lowest BCUT2D eigenvalue weighted by Gasteiger charge is -2.20. The van der Waals surface area contributed by atoms with Crippen LogP contribution in [0.4, 0.5) is 0 Å². The van der Waals surface area contributed by atoms with Gasteiger partial charge < -0.3 is 0 Å². The Labute approximate surface area is 86.1 Å². The third-order valence-electron chi connectivity index (χ3n) is 4.99. The van der Waals surface area contributed by atoms with Crippen LogP contribution in [0.3, 0.4) is 0 Å². The Bertz CT molecular complexity index is 300. The summed E-state index contributed by atoms with van der Waals surface area (Å²) in [4.78, 5) is 0. The molecule has 0 aromatic rings. The Morgan fingerprint density at radius 2 is 1.21 bits per heavy atom.